The molecule has 1 amide bonds. The molecule has 1 aliphatic carbocycles. The molecule has 128 valence electrons. The van der Waals surface area contributed by atoms with Crippen LogP contribution >= 0.6 is 0 Å². The second-order valence-electron chi connectivity index (χ2n) is 7.28. The summed E-state index contributed by atoms with van der Waals surface area (Å²) in [5, 5.41) is 13.9. The minimum Gasteiger partial charge on any atom is -0.393 e. The summed E-state index contributed by atoms with van der Waals surface area (Å²) in [5.74, 6) is 1.29. The minimum atomic E-state index is -0.284. The summed E-state index contributed by atoms with van der Waals surface area (Å²) in [5.41, 5.74) is 0. The molecule has 1 saturated carbocycles. The molecule has 22 heavy (non-hydrogen) atoms. The Morgan fingerprint density at radius 1 is 1.27 bits per heavy atom. The van der Waals surface area contributed by atoms with E-state index >= 15 is 0 Å². The van der Waals surface area contributed by atoms with Crippen LogP contribution in [0.4, 0.5) is 0 Å². The van der Waals surface area contributed by atoms with Gasteiger partial charge < -0.3 is 15.3 Å². The van der Waals surface area contributed by atoms with Crippen LogP contribution in [0.2, 0.25) is 0 Å². The summed E-state index contributed by atoms with van der Waals surface area (Å²) in [7, 11) is 0. The predicted octanol–water partition coefficient (Wildman–Crippen LogP) is 2.55. The second kappa shape index (κ2) is 8.88. The number of carbonyl (C=O) groups excluding carboxylic acids is 1. The van der Waals surface area contributed by atoms with E-state index in [0.717, 1.165) is 44.8 Å². The Hall–Kier alpha value is -0.610. The first kappa shape index (κ1) is 17.7. The SMILES string of the molecule is CCCC(=O)N1CC(NCC2CCCC2)CC(C(O)CC)C1. The lowest BCUT2D eigenvalue weighted by Gasteiger charge is -2.40. The molecule has 0 radical (unpaired) electrons. The molecular formula is C18H34N2O2. The van der Waals surface area contributed by atoms with E-state index in [4.69, 9.17) is 0 Å². The van der Waals surface area contributed by atoms with Gasteiger partial charge in [-0.05, 0) is 44.6 Å². The van der Waals surface area contributed by atoms with Crippen molar-refractivity contribution in [2.24, 2.45) is 11.8 Å². The van der Waals surface area contributed by atoms with Gasteiger partial charge in [0.15, 0.2) is 0 Å². The van der Waals surface area contributed by atoms with Crippen LogP contribution in [0, 0.1) is 11.8 Å². The van der Waals surface area contributed by atoms with Crippen molar-refractivity contribution in [3.05, 3.63) is 0 Å². The van der Waals surface area contributed by atoms with Gasteiger partial charge >= 0.3 is 0 Å². The van der Waals surface area contributed by atoms with Gasteiger partial charge in [0.25, 0.3) is 0 Å². The van der Waals surface area contributed by atoms with Crippen molar-refractivity contribution < 1.29 is 9.90 Å². The maximum Gasteiger partial charge on any atom is 0.222 e. The zero-order chi connectivity index (χ0) is 15.9. The van der Waals surface area contributed by atoms with Crippen LogP contribution in [-0.4, -0.2) is 47.7 Å². The molecule has 3 atom stereocenters. The van der Waals surface area contributed by atoms with E-state index in [-0.39, 0.29) is 17.9 Å². The van der Waals surface area contributed by atoms with Gasteiger partial charge in [-0.3, -0.25) is 4.79 Å². The van der Waals surface area contributed by atoms with Crippen LogP contribution in [0.5, 0.6) is 0 Å². The molecule has 0 aromatic rings. The average Bonchev–Trinajstić information content (AvgIpc) is 3.05. The van der Waals surface area contributed by atoms with Crippen molar-refractivity contribution in [2.75, 3.05) is 19.6 Å². The van der Waals surface area contributed by atoms with Gasteiger partial charge in [-0.2, -0.15) is 0 Å². The van der Waals surface area contributed by atoms with Gasteiger partial charge in [0.05, 0.1) is 6.10 Å². The number of aliphatic hydroxyl groups excluding tert-OH is 1. The first-order valence-corrected chi connectivity index (χ1v) is 9.33. The lowest BCUT2D eigenvalue weighted by atomic mass is 9.88. The number of amides is 1. The number of rotatable bonds is 7. The van der Waals surface area contributed by atoms with Crippen molar-refractivity contribution in [1.29, 1.82) is 0 Å². The first-order chi connectivity index (χ1) is 10.6. The Bertz CT molecular complexity index is 342. The summed E-state index contributed by atoms with van der Waals surface area (Å²) in [6.07, 6.45) is 8.45. The standard InChI is InChI=1S/C18H34N2O2/c1-3-7-18(22)20-12-15(17(21)4-2)10-16(13-20)19-11-14-8-5-6-9-14/h14-17,19,21H,3-13H2,1-2H3. The molecule has 4 heteroatoms. The molecule has 1 aliphatic heterocycles. The van der Waals surface area contributed by atoms with Crippen molar-refractivity contribution in [2.45, 2.75) is 77.4 Å². The quantitative estimate of drug-likeness (QED) is 0.760. The Kier molecular flexibility index (Phi) is 7.16. The number of likely N-dealkylation sites (tertiary alicyclic amines) is 1. The third-order valence-electron chi connectivity index (χ3n) is 5.43. The van der Waals surface area contributed by atoms with Gasteiger partial charge in [-0.25, -0.2) is 0 Å². The summed E-state index contributed by atoms with van der Waals surface area (Å²) < 4.78 is 0. The largest absolute Gasteiger partial charge is 0.393 e. The summed E-state index contributed by atoms with van der Waals surface area (Å²) in [6, 6.07) is 0.348. The average molecular weight is 310 g/mol. The van der Waals surface area contributed by atoms with E-state index in [1.165, 1.54) is 25.7 Å². The van der Waals surface area contributed by atoms with Gasteiger partial charge in [0, 0.05) is 31.5 Å². The topological polar surface area (TPSA) is 52.6 Å². The highest BCUT2D eigenvalue weighted by atomic mass is 16.3. The molecule has 0 bridgehead atoms. The molecule has 4 nitrogen and oxygen atoms in total. The Balaban J connectivity index is 1.90. The lowest BCUT2D eigenvalue weighted by Crippen LogP contribution is -2.54. The summed E-state index contributed by atoms with van der Waals surface area (Å²) >= 11 is 0. The highest BCUT2D eigenvalue weighted by Gasteiger charge is 2.33. The Labute approximate surface area is 135 Å². The zero-order valence-electron chi connectivity index (χ0n) is 14.4. The molecule has 2 aliphatic rings. The van der Waals surface area contributed by atoms with E-state index < -0.39 is 0 Å². The Morgan fingerprint density at radius 2 is 2.00 bits per heavy atom. The molecule has 2 N–H and O–H groups in total. The number of nitrogens with one attached hydrogen (secondary N) is 1. The van der Waals surface area contributed by atoms with E-state index in [9.17, 15) is 9.90 Å². The van der Waals surface area contributed by atoms with E-state index in [1.54, 1.807) is 0 Å². The molecule has 1 heterocycles. The fourth-order valence-electron chi connectivity index (χ4n) is 4.02. The number of piperidine rings is 1. The fourth-order valence-corrected chi connectivity index (χ4v) is 4.02. The van der Waals surface area contributed by atoms with Gasteiger partial charge in [-0.15, -0.1) is 0 Å². The molecule has 2 fully saturated rings. The molecule has 0 aromatic heterocycles. The molecule has 3 unspecified atom stereocenters. The summed E-state index contributed by atoms with van der Waals surface area (Å²) in [6.45, 7) is 6.71. The lowest BCUT2D eigenvalue weighted by molar-refractivity contribution is -0.134. The summed E-state index contributed by atoms with van der Waals surface area (Å²) in [4.78, 5) is 14.3. The van der Waals surface area contributed by atoms with Crippen LogP contribution in [-0.2, 0) is 4.79 Å². The number of hydrogen-bond donors (Lipinski definition) is 2. The number of nitrogens with zero attached hydrogens (tertiary/aromatic N) is 1. The normalized spacial score (nSPS) is 28.0. The predicted molar refractivity (Wildman–Crippen MR) is 89.6 cm³/mol. The maximum atomic E-state index is 12.3. The zero-order valence-corrected chi connectivity index (χ0v) is 14.4. The van der Waals surface area contributed by atoms with E-state index in [1.807, 2.05) is 11.8 Å². The van der Waals surface area contributed by atoms with Crippen LogP contribution in [0.1, 0.15) is 65.2 Å². The molecule has 1 saturated heterocycles. The smallest absolute Gasteiger partial charge is 0.222 e. The van der Waals surface area contributed by atoms with Crippen molar-refractivity contribution in [1.82, 2.24) is 10.2 Å². The van der Waals surface area contributed by atoms with Gasteiger partial charge in [0.2, 0.25) is 5.91 Å². The highest BCUT2D eigenvalue weighted by molar-refractivity contribution is 5.76. The van der Waals surface area contributed by atoms with E-state index in [2.05, 4.69) is 12.2 Å². The van der Waals surface area contributed by atoms with Crippen LogP contribution in [0.15, 0.2) is 0 Å². The van der Waals surface area contributed by atoms with Crippen molar-refractivity contribution in [3.63, 3.8) is 0 Å². The van der Waals surface area contributed by atoms with Crippen LogP contribution in [0.25, 0.3) is 0 Å². The van der Waals surface area contributed by atoms with Gasteiger partial charge in [0.1, 0.15) is 0 Å². The van der Waals surface area contributed by atoms with Crippen molar-refractivity contribution >= 4 is 5.91 Å². The molecule has 0 spiro atoms. The third kappa shape index (κ3) is 4.95. The second-order valence-corrected chi connectivity index (χ2v) is 7.28. The highest BCUT2D eigenvalue weighted by Crippen LogP contribution is 2.26. The molecular weight excluding hydrogens is 276 g/mol. The third-order valence-corrected chi connectivity index (χ3v) is 5.43. The van der Waals surface area contributed by atoms with Crippen molar-refractivity contribution in [3.8, 4) is 0 Å². The number of carbonyl (C=O) groups is 1. The van der Waals surface area contributed by atoms with Crippen LogP contribution < -0.4 is 5.32 Å². The maximum absolute atomic E-state index is 12.3. The fraction of sp³-hybridized carbons (Fsp3) is 0.944. The minimum absolute atomic E-state index is 0.223. The van der Waals surface area contributed by atoms with Gasteiger partial charge in [-0.1, -0.05) is 26.7 Å². The van der Waals surface area contributed by atoms with E-state index in [0.29, 0.717) is 12.5 Å². The number of hydrogen-bond acceptors (Lipinski definition) is 3. The van der Waals surface area contributed by atoms with Crippen LogP contribution in [0.3, 0.4) is 0 Å². The molecule has 2 rings (SSSR count). The Morgan fingerprint density at radius 3 is 2.64 bits per heavy atom. The number of aliphatic hydroxyl groups is 1. The first-order valence-electron chi connectivity index (χ1n) is 9.33. The monoisotopic (exact) mass is 310 g/mol. The molecule has 0 aromatic carbocycles.